The van der Waals surface area contributed by atoms with Crippen LogP contribution in [0.1, 0.15) is 18.1 Å². The summed E-state index contributed by atoms with van der Waals surface area (Å²) in [5.74, 6) is 3.49. The largest absolute Gasteiger partial charge is 0.408 e. The number of aryl methyl sites for hydroxylation is 2. The fourth-order valence-corrected chi connectivity index (χ4v) is 0.887. The zero-order chi connectivity index (χ0) is 8.97. The maximum atomic E-state index is 5.13. The van der Waals surface area contributed by atoms with Crippen LogP contribution < -0.4 is 4.74 Å². The molecule has 0 aliphatic rings. The quantitative estimate of drug-likeness (QED) is 0.574. The fraction of sp³-hybridized carbons (Fsp3) is 0.273. The van der Waals surface area contributed by atoms with Crippen LogP contribution in [-0.4, -0.2) is 0 Å². The van der Waals surface area contributed by atoms with Crippen molar-refractivity contribution in [3.05, 3.63) is 29.3 Å². The average Bonchev–Trinajstić information content (AvgIpc) is 2.07. The molecule has 1 heteroatoms. The maximum absolute atomic E-state index is 5.13. The van der Waals surface area contributed by atoms with Gasteiger partial charge in [0.15, 0.2) is 0 Å². The van der Waals surface area contributed by atoms with E-state index in [1.54, 1.807) is 6.92 Å². The Morgan fingerprint density at radius 3 is 2.50 bits per heavy atom. The molecule has 0 spiro atoms. The second-order valence-corrected chi connectivity index (χ2v) is 2.70. The molecular formula is C11H12O. The minimum Gasteiger partial charge on any atom is -0.408 e. The number of rotatable bonds is 1. The summed E-state index contributed by atoms with van der Waals surface area (Å²) in [5.41, 5.74) is 2.50. The van der Waals surface area contributed by atoms with E-state index < -0.39 is 0 Å². The smallest absolute Gasteiger partial charge is 0.140 e. The third kappa shape index (κ3) is 2.03. The highest BCUT2D eigenvalue weighted by Gasteiger charge is 1.94. The van der Waals surface area contributed by atoms with Gasteiger partial charge in [0.25, 0.3) is 0 Å². The van der Waals surface area contributed by atoms with E-state index >= 15 is 0 Å². The first-order chi connectivity index (χ1) is 5.74. The Balaban J connectivity index is 2.87. The fourth-order valence-electron chi connectivity index (χ4n) is 0.887. The van der Waals surface area contributed by atoms with Crippen molar-refractivity contribution in [2.75, 3.05) is 0 Å². The highest BCUT2D eigenvalue weighted by Crippen LogP contribution is 2.15. The van der Waals surface area contributed by atoms with Crippen LogP contribution in [0.3, 0.4) is 0 Å². The molecule has 1 aromatic carbocycles. The maximum Gasteiger partial charge on any atom is 0.140 e. The molecule has 1 rings (SSSR count). The predicted molar refractivity (Wildman–Crippen MR) is 50.0 cm³/mol. The van der Waals surface area contributed by atoms with Gasteiger partial charge < -0.3 is 4.74 Å². The lowest BCUT2D eigenvalue weighted by Gasteiger charge is -2.01. The van der Waals surface area contributed by atoms with Crippen molar-refractivity contribution in [3.63, 3.8) is 0 Å². The summed E-state index contributed by atoms with van der Waals surface area (Å²) in [6, 6.07) is 5.94. The third-order valence-corrected chi connectivity index (χ3v) is 1.75. The normalized spacial score (nSPS) is 8.58. The molecule has 0 saturated heterocycles. The predicted octanol–water partition coefficient (Wildman–Crippen LogP) is 2.66. The Kier molecular flexibility index (Phi) is 2.76. The molecule has 0 radical (unpaired) electrons. The SMILES string of the molecule is CC#COc1ccc(C)c(C)c1. The molecule has 0 aliphatic heterocycles. The topological polar surface area (TPSA) is 9.23 Å². The van der Waals surface area contributed by atoms with Crippen LogP contribution in [0.4, 0.5) is 0 Å². The molecular weight excluding hydrogens is 148 g/mol. The lowest BCUT2D eigenvalue weighted by atomic mass is 10.1. The average molecular weight is 160 g/mol. The monoisotopic (exact) mass is 160 g/mol. The number of hydrogen-bond donors (Lipinski definition) is 0. The van der Waals surface area contributed by atoms with Crippen LogP contribution in [-0.2, 0) is 0 Å². The second-order valence-electron chi connectivity index (χ2n) is 2.70. The Morgan fingerprint density at radius 2 is 1.92 bits per heavy atom. The van der Waals surface area contributed by atoms with Crippen molar-refractivity contribution in [1.82, 2.24) is 0 Å². The molecule has 1 aromatic rings. The summed E-state index contributed by atoms with van der Waals surface area (Å²) in [7, 11) is 0. The van der Waals surface area contributed by atoms with Gasteiger partial charge in [-0.3, -0.25) is 0 Å². The lowest BCUT2D eigenvalue weighted by Crippen LogP contribution is -1.85. The first kappa shape index (κ1) is 8.67. The molecule has 0 bridgehead atoms. The van der Waals surface area contributed by atoms with Gasteiger partial charge in [0, 0.05) is 6.92 Å². The van der Waals surface area contributed by atoms with Crippen LogP contribution in [0.5, 0.6) is 5.75 Å². The van der Waals surface area contributed by atoms with Gasteiger partial charge in [-0.1, -0.05) is 12.0 Å². The Hall–Kier alpha value is -1.42. The Bertz CT molecular complexity index is 329. The molecule has 12 heavy (non-hydrogen) atoms. The van der Waals surface area contributed by atoms with E-state index in [0.29, 0.717) is 0 Å². The van der Waals surface area contributed by atoms with Gasteiger partial charge in [-0.15, -0.1) is 0 Å². The van der Waals surface area contributed by atoms with Crippen molar-refractivity contribution >= 4 is 0 Å². The number of ether oxygens (including phenoxy) is 1. The molecule has 1 nitrogen and oxygen atoms in total. The van der Waals surface area contributed by atoms with Crippen LogP contribution in [0, 0.1) is 25.9 Å². The summed E-state index contributed by atoms with van der Waals surface area (Å²) >= 11 is 0. The van der Waals surface area contributed by atoms with Crippen molar-refractivity contribution < 1.29 is 4.74 Å². The Labute approximate surface area is 73.4 Å². The van der Waals surface area contributed by atoms with E-state index in [9.17, 15) is 0 Å². The van der Waals surface area contributed by atoms with Gasteiger partial charge in [-0.05, 0) is 37.1 Å². The van der Waals surface area contributed by atoms with Crippen molar-refractivity contribution in [2.24, 2.45) is 0 Å². The zero-order valence-electron chi connectivity index (χ0n) is 7.64. The molecule has 0 saturated carbocycles. The highest BCUT2D eigenvalue weighted by molar-refractivity contribution is 5.34. The van der Waals surface area contributed by atoms with Gasteiger partial charge >= 0.3 is 0 Å². The molecule has 0 aromatic heterocycles. The van der Waals surface area contributed by atoms with Crippen LogP contribution in [0.15, 0.2) is 18.2 Å². The molecule has 0 amide bonds. The van der Waals surface area contributed by atoms with Gasteiger partial charge in [0.05, 0.1) is 0 Å². The van der Waals surface area contributed by atoms with E-state index in [4.69, 9.17) is 4.74 Å². The summed E-state index contributed by atoms with van der Waals surface area (Å²) in [6.07, 6.45) is 2.56. The van der Waals surface area contributed by atoms with E-state index in [0.717, 1.165) is 5.75 Å². The van der Waals surface area contributed by atoms with Crippen LogP contribution in [0.25, 0.3) is 0 Å². The van der Waals surface area contributed by atoms with Gasteiger partial charge in [0.1, 0.15) is 11.9 Å². The van der Waals surface area contributed by atoms with Gasteiger partial charge in [-0.2, -0.15) is 0 Å². The van der Waals surface area contributed by atoms with Crippen molar-refractivity contribution in [1.29, 1.82) is 0 Å². The summed E-state index contributed by atoms with van der Waals surface area (Å²) in [6.45, 7) is 5.88. The minimum absolute atomic E-state index is 0.812. The molecule has 0 heterocycles. The molecule has 62 valence electrons. The molecule has 0 unspecified atom stereocenters. The van der Waals surface area contributed by atoms with E-state index in [1.165, 1.54) is 11.1 Å². The summed E-state index contributed by atoms with van der Waals surface area (Å²) in [5, 5.41) is 0. The second kappa shape index (κ2) is 3.82. The Morgan fingerprint density at radius 1 is 1.17 bits per heavy atom. The lowest BCUT2D eigenvalue weighted by molar-refractivity contribution is 0.519. The highest BCUT2D eigenvalue weighted by atomic mass is 16.5. The van der Waals surface area contributed by atoms with Crippen molar-refractivity contribution in [2.45, 2.75) is 20.8 Å². The van der Waals surface area contributed by atoms with Gasteiger partial charge in [-0.25, -0.2) is 0 Å². The zero-order valence-corrected chi connectivity index (χ0v) is 7.64. The first-order valence-electron chi connectivity index (χ1n) is 3.90. The number of benzene rings is 1. The molecule has 0 aliphatic carbocycles. The summed E-state index contributed by atoms with van der Waals surface area (Å²) < 4.78 is 5.13. The summed E-state index contributed by atoms with van der Waals surface area (Å²) in [4.78, 5) is 0. The number of hydrogen-bond acceptors (Lipinski definition) is 1. The van der Waals surface area contributed by atoms with E-state index in [1.807, 2.05) is 18.2 Å². The van der Waals surface area contributed by atoms with E-state index in [2.05, 4.69) is 25.9 Å². The standard InChI is InChI=1S/C11H12O/c1-4-7-12-11-6-5-9(2)10(3)8-11/h5-6,8H,1-3H3. The molecule has 0 atom stereocenters. The van der Waals surface area contributed by atoms with Crippen molar-refractivity contribution in [3.8, 4) is 17.8 Å². The first-order valence-corrected chi connectivity index (χ1v) is 3.90. The third-order valence-electron chi connectivity index (χ3n) is 1.75. The van der Waals surface area contributed by atoms with Crippen LogP contribution in [0.2, 0.25) is 0 Å². The van der Waals surface area contributed by atoms with Gasteiger partial charge in [0.2, 0.25) is 0 Å². The molecule has 0 N–H and O–H groups in total. The van der Waals surface area contributed by atoms with Crippen LogP contribution >= 0.6 is 0 Å². The van der Waals surface area contributed by atoms with E-state index in [-0.39, 0.29) is 0 Å². The minimum atomic E-state index is 0.812. The molecule has 0 fully saturated rings.